The first kappa shape index (κ1) is 15.0. The minimum atomic E-state index is -0.511. The van der Waals surface area contributed by atoms with Crippen LogP contribution in [0.25, 0.3) is 16.6 Å². The molecule has 23 heavy (non-hydrogen) atoms. The highest BCUT2D eigenvalue weighted by molar-refractivity contribution is 6.09. The SMILES string of the molecule is CCOC(=O)c1c(-c2ccc(F)cc2)c(C=O)n2ccccc12. The van der Waals surface area contributed by atoms with Crippen LogP contribution in [-0.4, -0.2) is 23.3 Å². The van der Waals surface area contributed by atoms with E-state index in [-0.39, 0.29) is 12.4 Å². The minimum Gasteiger partial charge on any atom is -0.462 e. The summed E-state index contributed by atoms with van der Waals surface area (Å²) < 4.78 is 20.0. The van der Waals surface area contributed by atoms with Crippen molar-refractivity contribution in [3.05, 3.63) is 65.7 Å². The minimum absolute atomic E-state index is 0.224. The maximum atomic E-state index is 13.2. The van der Waals surface area contributed by atoms with Gasteiger partial charge in [-0.3, -0.25) is 4.79 Å². The van der Waals surface area contributed by atoms with E-state index >= 15 is 0 Å². The van der Waals surface area contributed by atoms with Gasteiger partial charge in [0.25, 0.3) is 0 Å². The smallest absolute Gasteiger partial charge is 0.340 e. The first-order valence-corrected chi connectivity index (χ1v) is 7.18. The van der Waals surface area contributed by atoms with Crippen molar-refractivity contribution in [2.45, 2.75) is 6.92 Å². The van der Waals surface area contributed by atoms with E-state index in [1.54, 1.807) is 47.9 Å². The van der Waals surface area contributed by atoms with Crippen molar-refractivity contribution in [2.75, 3.05) is 6.61 Å². The number of ether oxygens (including phenoxy) is 1. The van der Waals surface area contributed by atoms with E-state index in [1.807, 2.05) is 0 Å². The highest BCUT2D eigenvalue weighted by Crippen LogP contribution is 2.33. The predicted octanol–water partition coefficient (Wildman–Crippen LogP) is 3.73. The Morgan fingerprint density at radius 3 is 2.61 bits per heavy atom. The molecule has 0 amide bonds. The molecule has 3 aromatic rings. The second-order valence-corrected chi connectivity index (χ2v) is 4.94. The topological polar surface area (TPSA) is 47.8 Å². The zero-order valence-corrected chi connectivity index (χ0v) is 12.5. The molecule has 0 saturated carbocycles. The second kappa shape index (κ2) is 6.04. The van der Waals surface area contributed by atoms with Crippen LogP contribution in [0.4, 0.5) is 4.39 Å². The van der Waals surface area contributed by atoms with Crippen LogP contribution in [0.2, 0.25) is 0 Å². The fraction of sp³-hybridized carbons (Fsp3) is 0.111. The average Bonchev–Trinajstić information content (AvgIpc) is 2.90. The van der Waals surface area contributed by atoms with Crippen LogP contribution < -0.4 is 0 Å². The van der Waals surface area contributed by atoms with Gasteiger partial charge in [-0.25, -0.2) is 9.18 Å². The van der Waals surface area contributed by atoms with Gasteiger partial charge in [0.15, 0.2) is 6.29 Å². The molecule has 0 atom stereocenters. The van der Waals surface area contributed by atoms with Crippen molar-refractivity contribution in [3.63, 3.8) is 0 Å². The number of hydrogen-bond acceptors (Lipinski definition) is 3. The van der Waals surface area contributed by atoms with E-state index in [2.05, 4.69) is 0 Å². The summed E-state index contributed by atoms with van der Waals surface area (Å²) in [5.74, 6) is -0.897. The van der Waals surface area contributed by atoms with Gasteiger partial charge in [0.1, 0.15) is 5.82 Å². The van der Waals surface area contributed by atoms with E-state index in [1.165, 1.54) is 12.1 Å². The molecule has 0 unspecified atom stereocenters. The summed E-state index contributed by atoms with van der Waals surface area (Å²) in [6.07, 6.45) is 2.39. The van der Waals surface area contributed by atoms with Crippen molar-refractivity contribution < 1.29 is 18.7 Å². The van der Waals surface area contributed by atoms with E-state index in [0.717, 1.165) is 0 Å². The molecule has 0 fully saturated rings. The number of rotatable bonds is 4. The first-order chi connectivity index (χ1) is 11.2. The number of benzene rings is 1. The van der Waals surface area contributed by atoms with Gasteiger partial charge in [-0.1, -0.05) is 18.2 Å². The largest absolute Gasteiger partial charge is 0.462 e. The third kappa shape index (κ3) is 2.50. The van der Waals surface area contributed by atoms with E-state index in [9.17, 15) is 14.0 Å². The lowest BCUT2D eigenvalue weighted by Gasteiger charge is -2.05. The molecule has 0 bridgehead atoms. The summed E-state index contributed by atoms with van der Waals surface area (Å²) >= 11 is 0. The number of pyridine rings is 1. The van der Waals surface area contributed by atoms with E-state index in [0.29, 0.717) is 34.2 Å². The first-order valence-electron chi connectivity index (χ1n) is 7.18. The van der Waals surface area contributed by atoms with Crippen LogP contribution in [0.15, 0.2) is 48.7 Å². The zero-order chi connectivity index (χ0) is 16.4. The van der Waals surface area contributed by atoms with Crippen molar-refractivity contribution in [2.24, 2.45) is 0 Å². The molecule has 2 aromatic heterocycles. The highest BCUT2D eigenvalue weighted by atomic mass is 19.1. The average molecular weight is 311 g/mol. The molecular formula is C18H14FNO3. The maximum absolute atomic E-state index is 13.2. The Labute approximate surface area is 132 Å². The number of nitrogens with zero attached hydrogens (tertiary/aromatic N) is 1. The van der Waals surface area contributed by atoms with Crippen molar-refractivity contribution in [3.8, 4) is 11.1 Å². The zero-order valence-electron chi connectivity index (χ0n) is 12.5. The lowest BCUT2D eigenvalue weighted by atomic mass is 10.0. The molecule has 0 spiro atoms. The van der Waals surface area contributed by atoms with Crippen LogP contribution in [0.1, 0.15) is 27.8 Å². The molecule has 1 aromatic carbocycles. The lowest BCUT2D eigenvalue weighted by molar-refractivity contribution is 0.0529. The molecule has 2 heterocycles. The van der Waals surface area contributed by atoms with E-state index in [4.69, 9.17) is 4.74 Å². The molecule has 0 radical (unpaired) electrons. The van der Waals surface area contributed by atoms with Gasteiger partial charge < -0.3 is 9.14 Å². The Balaban J connectivity index is 2.37. The number of carbonyl (C=O) groups excluding carboxylic acids is 2. The summed E-state index contributed by atoms with van der Waals surface area (Å²) in [5, 5.41) is 0. The number of aromatic nitrogens is 1. The van der Waals surface area contributed by atoms with Gasteiger partial charge in [-0.2, -0.15) is 0 Å². The monoisotopic (exact) mass is 311 g/mol. The summed E-state index contributed by atoms with van der Waals surface area (Å²) in [5.41, 5.74) is 2.24. The lowest BCUT2D eigenvalue weighted by Crippen LogP contribution is -2.05. The van der Waals surface area contributed by atoms with Gasteiger partial charge in [0.05, 0.1) is 23.4 Å². The molecule has 4 nitrogen and oxygen atoms in total. The third-order valence-electron chi connectivity index (χ3n) is 3.61. The number of fused-ring (bicyclic) bond motifs is 1. The van der Waals surface area contributed by atoms with Crippen molar-refractivity contribution in [1.82, 2.24) is 4.40 Å². The van der Waals surface area contributed by atoms with Crippen LogP contribution >= 0.6 is 0 Å². The number of carbonyl (C=O) groups is 2. The van der Waals surface area contributed by atoms with Gasteiger partial charge in [0, 0.05) is 11.8 Å². The Morgan fingerprint density at radius 1 is 1.22 bits per heavy atom. The van der Waals surface area contributed by atoms with Crippen LogP contribution in [0.3, 0.4) is 0 Å². The third-order valence-corrected chi connectivity index (χ3v) is 3.61. The molecule has 0 aliphatic carbocycles. The highest BCUT2D eigenvalue weighted by Gasteiger charge is 2.25. The van der Waals surface area contributed by atoms with Crippen molar-refractivity contribution in [1.29, 1.82) is 0 Å². The summed E-state index contributed by atoms with van der Waals surface area (Å²) in [4.78, 5) is 24.1. The van der Waals surface area contributed by atoms with Crippen LogP contribution in [0.5, 0.6) is 0 Å². The molecular weight excluding hydrogens is 297 g/mol. The standard InChI is InChI=1S/C18H14FNO3/c1-2-23-18(22)17-14-5-3-4-10-20(14)15(11-21)16(17)12-6-8-13(19)9-7-12/h3-11H,2H2,1H3. The molecule has 0 aliphatic heterocycles. The van der Waals surface area contributed by atoms with Crippen LogP contribution in [-0.2, 0) is 4.74 Å². The molecule has 5 heteroatoms. The Morgan fingerprint density at radius 2 is 1.96 bits per heavy atom. The number of aldehydes is 1. The fourth-order valence-corrected chi connectivity index (χ4v) is 2.67. The Bertz CT molecular complexity index is 881. The molecule has 0 N–H and O–H groups in total. The van der Waals surface area contributed by atoms with Gasteiger partial charge in [-0.05, 0) is 36.8 Å². The van der Waals surface area contributed by atoms with Gasteiger partial charge >= 0.3 is 5.97 Å². The maximum Gasteiger partial charge on any atom is 0.340 e. The van der Waals surface area contributed by atoms with Crippen LogP contribution in [0, 0.1) is 5.82 Å². The Kier molecular flexibility index (Phi) is 3.93. The number of halogens is 1. The van der Waals surface area contributed by atoms with Crippen molar-refractivity contribution >= 4 is 17.8 Å². The van der Waals surface area contributed by atoms with Gasteiger partial charge in [0.2, 0.25) is 0 Å². The predicted molar refractivity (Wildman–Crippen MR) is 84.1 cm³/mol. The normalized spacial score (nSPS) is 10.7. The molecule has 116 valence electrons. The molecule has 0 aliphatic rings. The molecule has 3 rings (SSSR count). The fourth-order valence-electron chi connectivity index (χ4n) is 2.67. The number of hydrogen-bond donors (Lipinski definition) is 0. The Hall–Kier alpha value is -2.95. The van der Waals surface area contributed by atoms with E-state index < -0.39 is 5.97 Å². The second-order valence-electron chi connectivity index (χ2n) is 4.94. The summed E-state index contributed by atoms with van der Waals surface area (Å²) in [6.45, 7) is 1.94. The summed E-state index contributed by atoms with van der Waals surface area (Å²) in [7, 11) is 0. The van der Waals surface area contributed by atoms with Gasteiger partial charge in [-0.15, -0.1) is 0 Å². The quantitative estimate of drug-likeness (QED) is 0.545. The summed E-state index contributed by atoms with van der Waals surface area (Å²) in [6, 6.07) is 11.0. The molecule has 0 saturated heterocycles. The number of esters is 1.